The molecule has 0 amide bonds. The van der Waals surface area contributed by atoms with Crippen molar-refractivity contribution in [2.75, 3.05) is 13.2 Å². The largest absolute Gasteiger partial charge is 0.466 e. The van der Waals surface area contributed by atoms with E-state index >= 15 is 0 Å². The summed E-state index contributed by atoms with van der Waals surface area (Å²) in [5.41, 5.74) is 0. The van der Waals surface area contributed by atoms with E-state index in [1.54, 1.807) is 6.92 Å². The van der Waals surface area contributed by atoms with Crippen LogP contribution in [-0.4, -0.2) is 61.5 Å². The Hall–Kier alpha value is -2.16. The molecule has 4 atom stereocenters. The Bertz CT molecular complexity index is 502. The zero-order valence-electron chi connectivity index (χ0n) is 14.8. The van der Waals surface area contributed by atoms with Gasteiger partial charge in [-0.2, -0.15) is 0 Å². The third kappa shape index (κ3) is 7.08. The van der Waals surface area contributed by atoms with Crippen molar-refractivity contribution in [3.63, 3.8) is 0 Å². The van der Waals surface area contributed by atoms with E-state index in [4.69, 9.17) is 23.7 Å². The van der Waals surface area contributed by atoms with E-state index in [0.717, 1.165) is 0 Å². The van der Waals surface area contributed by atoms with Crippen LogP contribution in [-0.2, 0) is 42.9 Å². The van der Waals surface area contributed by atoms with Crippen LogP contribution in [0.15, 0.2) is 0 Å². The molecule has 9 heteroatoms. The third-order valence-corrected chi connectivity index (χ3v) is 3.40. The van der Waals surface area contributed by atoms with Gasteiger partial charge in [-0.1, -0.05) is 0 Å². The van der Waals surface area contributed by atoms with Gasteiger partial charge in [0.2, 0.25) is 0 Å². The third-order valence-electron chi connectivity index (χ3n) is 3.40. The first-order valence-corrected chi connectivity index (χ1v) is 8.03. The number of carbonyl (C=O) groups is 4. The van der Waals surface area contributed by atoms with E-state index in [-0.39, 0.29) is 26.1 Å². The minimum atomic E-state index is -0.937. The van der Waals surface area contributed by atoms with Gasteiger partial charge < -0.3 is 23.7 Å². The summed E-state index contributed by atoms with van der Waals surface area (Å²) in [4.78, 5) is 45.3. The molecule has 0 aromatic heterocycles. The normalized spacial score (nSPS) is 25.1. The molecule has 0 N–H and O–H groups in total. The first-order chi connectivity index (χ1) is 11.7. The first kappa shape index (κ1) is 20.9. The average Bonchev–Trinajstić information content (AvgIpc) is 2.80. The highest BCUT2D eigenvalue weighted by molar-refractivity contribution is 5.69. The highest BCUT2D eigenvalue weighted by Gasteiger charge is 2.49. The fourth-order valence-corrected chi connectivity index (χ4v) is 2.53. The predicted molar refractivity (Wildman–Crippen MR) is 82.3 cm³/mol. The summed E-state index contributed by atoms with van der Waals surface area (Å²) in [7, 11) is 0. The van der Waals surface area contributed by atoms with Crippen LogP contribution in [0.5, 0.6) is 0 Å². The molecule has 1 fully saturated rings. The monoisotopic (exact) mass is 360 g/mol. The fourth-order valence-electron chi connectivity index (χ4n) is 2.53. The molecule has 0 bridgehead atoms. The van der Waals surface area contributed by atoms with Gasteiger partial charge in [0.05, 0.1) is 12.7 Å². The van der Waals surface area contributed by atoms with Crippen LogP contribution in [0, 0.1) is 0 Å². The molecule has 9 nitrogen and oxygen atoms in total. The Morgan fingerprint density at radius 1 is 0.840 bits per heavy atom. The average molecular weight is 360 g/mol. The Morgan fingerprint density at radius 2 is 1.40 bits per heavy atom. The maximum atomic E-state index is 11.5. The molecule has 1 aliphatic heterocycles. The maximum Gasteiger partial charge on any atom is 0.305 e. The molecule has 25 heavy (non-hydrogen) atoms. The lowest BCUT2D eigenvalue weighted by molar-refractivity contribution is -0.165. The molecule has 0 spiro atoms. The molecule has 1 aliphatic rings. The molecule has 0 saturated carbocycles. The Kier molecular flexibility index (Phi) is 8.33. The number of rotatable bonds is 8. The van der Waals surface area contributed by atoms with E-state index < -0.39 is 48.3 Å². The predicted octanol–water partition coefficient (Wildman–Crippen LogP) is 0.524. The van der Waals surface area contributed by atoms with Crippen LogP contribution in [0.25, 0.3) is 0 Å². The molecule has 0 aromatic carbocycles. The Morgan fingerprint density at radius 3 is 1.88 bits per heavy atom. The van der Waals surface area contributed by atoms with E-state index in [0.29, 0.717) is 0 Å². The molecule has 0 unspecified atom stereocenters. The van der Waals surface area contributed by atoms with Crippen LogP contribution in [0.2, 0.25) is 0 Å². The Balaban J connectivity index is 2.87. The summed E-state index contributed by atoms with van der Waals surface area (Å²) in [5.74, 6) is -2.12. The van der Waals surface area contributed by atoms with Gasteiger partial charge in [-0.05, 0) is 13.3 Å². The summed E-state index contributed by atoms with van der Waals surface area (Å²) in [6.45, 7) is 5.44. The zero-order chi connectivity index (χ0) is 19.0. The van der Waals surface area contributed by atoms with Gasteiger partial charge in [0.25, 0.3) is 0 Å². The second-order valence-electron chi connectivity index (χ2n) is 5.51. The van der Waals surface area contributed by atoms with Crippen LogP contribution in [0.3, 0.4) is 0 Å². The number of hydrogen-bond donors (Lipinski definition) is 0. The molecule has 0 radical (unpaired) electrons. The second kappa shape index (κ2) is 9.97. The molecule has 1 rings (SSSR count). The Labute approximate surface area is 145 Å². The summed E-state index contributed by atoms with van der Waals surface area (Å²) in [6, 6.07) is 0. The minimum absolute atomic E-state index is 0.0450. The maximum absolute atomic E-state index is 11.5. The first-order valence-electron chi connectivity index (χ1n) is 8.03. The van der Waals surface area contributed by atoms with Crippen molar-refractivity contribution in [2.45, 2.75) is 65.0 Å². The minimum Gasteiger partial charge on any atom is -0.466 e. The molecule has 1 heterocycles. The number of hydrogen-bond acceptors (Lipinski definition) is 9. The summed E-state index contributed by atoms with van der Waals surface area (Å²) in [5, 5.41) is 0. The van der Waals surface area contributed by atoms with Gasteiger partial charge in [0.1, 0.15) is 12.7 Å². The summed E-state index contributed by atoms with van der Waals surface area (Å²) >= 11 is 0. The number of ether oxygens (including phenoxy) is 5. The van der Waals surface area contributed by atoms with E-state index in [9.17, 15) is 19.2 Å². The van der Waals surface area contributed by atoms with Crippen LogP contribution in [0.1, 0.15) is 40.5 Å². The van der Waals surface area contributed by atoms with Crippen LogP contribution >= 0.6 is 0 Å². The lowest BCUT2D eigenvalue weighted by atomic mass is 10.0. The van der Waals surface area contributed by atoms with Gasteiger partial charge >= 0.3 is 23.9 Å². The molecule has 0 aromatic rings. The van der Waals surface area contributed by atoms with Gasteiger partial charge in [0.15, 0.2) is 12.2 Å². The second-order valence-corrected chi connectivity index (χ2v) is 5.51. The van der Waals surface area contributed by atoms with E-state index in [1.165, 1.54) is 20.8 Å². The molecule has 142 valence electrons. The fraction of sp³-hybridized carbons (Fsp3) is 0.750. The molecule has 1 saturated heterocycles. The van der Waals surface area contributed by atoms with Gasteiger partial charge in [-0.25, -0.2) is 0 Å². The quantitative estimate of drug-likeness (QED) is 0.451. The van der Waals surface area contributed by atoms with Crippen molar-refractivity contribution in [1.82, 2.24) is 0 Å². The standard InChI is InChI=1S/C16H24O9/c1-5-21-14(20)7-6-12-15(23-10(3)18)16(24-11(4)19)13(25-12)8-22-9(2)17/h12-13,15-16H,5-8H2,1-4H3/t12-,13-,15-,16-/m1/s1. The van der Waals surface area contributed by atoms with E-state index in [1.807, 2.05) is 0 Å². The SMILES string of the molecule is CCOC(=O)CC[C@H]1O[C@H](COC(C)=O)[C@@H](OC(C)=O)[C@@H]1OC(C)=O. The van der Waals surface area contributed by atoms with Crippen molar-refractivity contribution >= 4 is 23.9 Å². The van der Waals surface area contributed by atoms with Gasteiger partial charge in [0, 0.05) is 27.2 Å². The van der Waals surface area contributed by atoms with Crippen molar-refractivity contribution in [1.29, 1.82) is 0 Å². The zero-order valence-corrected chi connectivity index (χ0v) is 14.8. The number of esters is 4. The number of carbonyl (C=O) groups excluding carboxylic acids is 4. The van der Waals surface area contributed by atoms with E-state index in [2.05, 4.69) is 0 Å². The van der Waals surface area contributed by atoms with Crippen LogP contribution in [0.4, 0.5) is 0 Å². The van der Waals surface area contributed by atoms with Crippen molar-refractivity contribution in [2.24, 2.45) is 0 Å². The highest BCUT2D eigenvalue weighted by atomic mass is 16.6. The molecule has 0 aliphatic carbocycles. The molecular weight excluding hydrogens is 336 g/mol. The smallest absolute Gasteiger partial charge is 0.305 e. The lowest BCUT2D eigenvalue weighted by Gasteiger charge is -2.23. The van der Waals surface area contributed by atoms with Crippen LogP contribution < -0.4 is 0 Å². The van der Waals surface area contributed by atoms with Crippen molar-refractivity contribution in [3.8, 4) is 0 Å². The molecular formula is C16H24O9. The van der Waals surface area contributed by atoms with Gasteiger partial charge in [-0.3, -0.25) is 19.2 Å². The highest BCUT2D eigenvalue weighted by Crippen LogP contribution is 2.30. The topological polar surface area (TPSA) is 114 Å². The summed E-state index contributed by atoms with van der Waals surface area (Å²) in [6.07, 6.45) is -3.10. The van der Waals surface area contributed by atoms with Crippen molar-refractivity contribution in [3.05, 3.63) is 0 Å². The van der Waals surface area contributed by atoms with Crippen molar-refractivity contribution < 1.29 is 42.9 Å². The van der Waals surface area contributed by atoms with Gasteiger partial charge in [-0.15, -0.1) is 0 Å². The lowest BCUT2D eigenvalue weighted by Crippen LogP contribution is -2.41. The summed E-state index contributed by atoms with van der Waals surface area (Å²) < 4.78 is 25.9.